The molecule has 2 N–H and O–H groups in total. The molecule has 0 radical (unpaired) electrons. The molecule has 0 unspecified atom stereocenters. The number of benzene rings is 2. The Kier molecular flexibility index (Phi) is 6.62. The molecule has 1 atom stereocenters. The van der Waals surface area contributed by atoms with Crippen molar-refractivity contribution in [3.63, 3.8) is 0 Å². The summed E-state index contributed by atoms with van der Waals surface area (Å²) in [4.78, 5) is 38.2. The molecule has 2 aromatic carbocycles. The summed E-state index contributed by atoms with van der Waals surface area (Å²) in [7, 11) is 0. The Balaban J connectivity index is 1.61. The van der Waals surface area contributed by atoms with Crippen LogP contribution in [0.5, 0.6) is 0 Å². The quantitative estimate of drug-likeness (QED) is 0.702. The molecule has 0 aromatic heterocycles. The van der Waals surface area contributed by atoms with Crippen molar-refractivity contribution in [2.24, 2.45) is 0 Å². The van der Waals surface area contributed by atoms with Gasteiger partial charge >= 0.3 is 0 Å². The van der Waals surface area contributed by atoms with Crippen LogP contribution in [-0.2, 0) is 16.0 Å². The van der Waals surface area contributed by atoms with Crippen LogP contribution in [0.3, 0.4) is 0 Å². The molecular formula is C21H20N2O4S. The molecule has 2 aromatic rings. The molecule has 7 heteroatoms. The van der Waals surface area contributed by atoms with E-state index in [1.54, 1.807) is 6.08 Å². The third-order valence-corrected chi connectivity index (χ3v) is 5.09. The van der Waals surface area contributed by atoms with Crippen molar-refractivity contribution in [2.45, 2.75) is 12.5 Å². The van der Waals surface area contributed by atoms with Crippen molar-refractivity contribution in [1.29, 1.82) is 0 Å². The third-order valence-electron chi connectivity index (χ3n) is 4.18. The number of amides is 3. The maximum atomic E-state index is 12.5. The lowest BCUT2D eigenvalue weighted by Crippen LogP contribution is -2.45. The van der Waals surface area contributed by atoms with Crippen LogP contribution in [0.1, 0.15) is 11.1 Å². The molecule has 1 saturated heterocycles. The zero-order valence-electron chi connectivity index (χ0n) is 15.1. The van der Waals surface area contributed by atoms with Crippen LogP contribution >= 0.6 is 11.8 Å². The first-order valence-electron chi connectivity index (χ1n) is 8.81. The lowest BCUT2D eigenvalue weighted by molar-refractivity contribution is -0.129. The van der Waals surface area contributed by atoms with E-state index in [9.17, 15) is 19.5 Å². The Morgan fingerprint density at radius 3 is 2.36 bits per heavy atom. The smallest absolute Gasteiger partial charge is 0.294 e. The number of carbonyl (C=O) groups is 3. The fourth-order valence-corrected chi connectivity index (χ4v) is 3.65. The predicted octanol–water partition coefficient (Wildman–Crippen LogP) is 2.44. The summed E-state index contributed by atoms with van der Waals surface area (Å²) in [6, 6.07) is 18.2. The van der Waals surface area contributed by atoms with E-state index in [0.717, 1.165) is 27.8 Å². The number of nitrogens with zero attached hydrogens (tertiary/aromatic N) is 1. The van der Waals surface area contributed by atoms with Crippen molar-refractivity contribution in [3.8, 4) is 0 Å². The summed E-state index contributed by atoms with van der Waals surface area (Å²) in [5, 5.41) is 11.7. The SMILES string of the molecule is O=C(CN1C(=O)S/C(=C\c2ccccc2)C1=O)N[C@H](CO)Cc1ccccc1. The van der Waals surface area contributed by atoms with Crippen molar-refractivity contribution in [2.75, 3.05) is 13.2 Å². The van der Waals surface area contributed by atoms with E-state index in [0.29, 0.717) is 6.42 Å². The van der Waals surface area contributed by atoms with Gasteiger partial charge in [0, 0.05) is 0 Å². The van der Waals surface area contributed by atoms with Crippen LogP contribution in [-0.4, -0.2) is 46.3 Å². The van der Waals surface area contributed by atoms with Gasteiger partial charge in [0.15, 0.2) is 0 Å². The van der Waals surface area contributed by atoms with Gasteiger partial charge in [-0.3, -0.25) is 19.3 Å². The second kappa shape index (κ2) is 9.34. The highest BCUT2D eigenvalue weighted by atomic mass is 32.2. The van der Waals surface area contributed by atoms with Gasteiger partial charge in [0.25, 0.3) is 11.1 Å². The molecule has 1 fully saturated rings. The fraction of sp³-hybridized carbons (Fsp3) is 0.190. The van der Waals surface area contributed by atoms with E-state index in [2.05, 4.69) is 5.32 Å². The van der Waals surface area contributed by atoms with Crippen LogP contribution in [0.25, 0.3) is 6.08 Å². The average Bonchev–Trinajstić information content (AvgIpc) is 2.96. The molecule has 1 aliphatic heterocycles. The van der Waals surface area contributed by atoms with Crippen LogP contribution in [0.2, 0.25) is 0 Å². The molecule has 28 heavy (non-hydrogen) atoms. The Morgan fingerprint density at radius 1 is 1.07 bits per heavy atom. The Labute approximate surface area is 167 Å². The van der Waals surface area contributed by atoms with E-state index in [-0.39, 0.29) is 18.1 Å². The molecule has 144 valence electrons. The van der Waals surface area contributed by atoms with Crippen molar-refractivity contribution >= 4 is 34.9 Å². The molecule has 1 heterocycles. The second-order valence-electron chi connectivity index (χ2n) is 6.32. The van der Waals surface area contributed by atoms with Gasteiger partial charge < -0.3 is 10.4 Å². The van der Waals surface area contributed by atoms with Crippen LogP contribution in [0.4, 0.5) is 4.79 Å². The number of aliphatic hydroxyl groups is 1. The first kappa shape index (κ1) is 19.9. The minimum atomic E-state index is -0.491. The topological polar surface area (TPSA) is 86.7 Å². The summed E-state index contributed by atoms with van der Waals surface area (Å²) in [6.45, 7) is -0.613. The van der Waals surface area contributed by atoms with Gasteiger partial charge in [0.1, 0.15) is 6.54 Å². The number of nitrogens with one attached hydrogen (secondary N) is 1. The van der Waals surface area contributed by atoms with E-state index in [1.165, 1.54) is 0 Å². The normalized spacial score (nSPS) is 16.5. The van der Waals surface area contributed by atoms with Gasteiger partial charge in [-0.1, -0.05) is 60.7 Å². The summed E-state index contributed by atoms with van der Waals surface area (Å²) in [5.41, 5.74) is 1.78. The number of thioether (sulfide) groups is 1. The maximum absolute atomic E-state index is 12.5. The van der Waals surface area contributed by atoms with Gasteiger partial charge in [-0.25, -0.2) is 0 Å². The van der Waals surface area contributed by atoms with Crippen LogP contribution in [0.15, 0.2) is 65.6 Å². The van der Waals surface area contributed by atoms with Crippen LogP contribution in [0, 0.1) is 0 Å². The second-order valence-corrected chi connectivity index (χ2v) is 7.31. The number of aliphatic hydroxyl groups excluding tert-OH is 1. The minimum Gasteiger partial charge on any atom is -0.394 e. The van der Waals surface area contributed by atoms with Crippen molar-refractivity contribution < 1.29 is 19.5 Å². The Bertz CT molecular complexity index is 884. The van der Waals surface area contributed by atoms with Crippen molar-refractivity contribution in [1.82, 2.24) is 10.2 Å². The molecule has 1 aliphatic rings. The summed E-state index contributed by atoms with van der Waals surface area (Å²) < 4.78 is 0. The molecule has 6 nitrogen and oxygen atoms in total. The molecular weight excluding hydrogens is 376 g/mol. The molecule has 0 aliphatic carbocycles. The van der Waals surface area contributed by atoms with Crippen LogP contribution < -0.4 is 5.32 Å². The van der Waals surface area contributed by atoms with Gasteiger partial charge in [-0.05, 0) is 35.4 Å². The number of hydrogen-bond donors (Lipinski definition) is 2. The Morgan fingerprint density at radius 2 is 1.71 bits per heavy atom. The number of imide groups is 1. The highest BCUT2D eigenvalue weighted by Gasteiger charge is 2.36. The number of carbonyl (C=O) groups excluding carboxylic acids is 3. The number of hydrogen-bond acceptors (Lipinski definition) is 5. The van der Waals surface area contributed by atoms with E-state index < -0.39 is 23.1 Å². The maximum Gasteiger partial charge on any atom is 0.294 e. The summed E-state index contributed by atoms with van der Waals surface area (Å²) in [6.07, 6.45) is 2.09. The standard InChI is InChI=1S/C21H20N2O4S/c24-14-17(11-15-7-3-1-4-8-15)22-19(25)13-23-20(26)18(28-21(23)27)12-16-9-5-2-6-10-16/h1-10,12,17,24H,11,13-14H2,(H,22,25)/b18-12-/t17-/m0/s1. The van der Waals surface area contributed by atoms with Crippen molar-refractivity contribution in [3.05, 3.63) is 76.7 Å². The Hall–Kier alpha value is -2.90. The molecule has 3 rings (SSSR count). The van der Waals surface area contributed by atoms with Gasteiger partial charge in [0.2, 0.25) is 5.91 Å². The lowest BCUT2D eigenvalue weighted by Gasteiger charge is -2.18. The highest BCUT2D eigenvalue weighted by molar-refractivity contribution is 8.18. The molecule has 0 bridgehead atoms. The minimum absolute atomic E-state index is 0.240. The fourth-order valence-electron chi connectivity index (χ4n) is 2.81. The summed E-state index contributed by atoms with van der Waals surface area (Å²) >= 11 is 0.815. The predicted molar refractivity (Wildman–Crippen MR) is 108 cm³/mol. The monoisotopic (exact) mass is 396 g/mol. The first-order valence-corrected chi connectivity index (χ1v) is 9.63. The zero-order chi connectivity index (χ0) is 19.9. The lowest BCUT2D eigenvalue weighted by atomic mass is 10.1. The largest absolute Gasteiger partial charge is 0.394 e. The van der Waals surface area contributed by atoms with Gasteiger partial charge in [-0.15, -0.1) is 0 Å². The average molecular weight is 396 g/mol. The zero-order valence-corrected chi connectivity index (χ0v) is 15.9. The molecule has 3 amide bonds. The summed E-state index contributed by atoms with van der Waals surface area (Å²) in [5.74, 6) is -0.976. The van der Waals surface area contributed by atoms with E-state index in [1.807, 2.05) is 60.7 Å². The van der Waals surface area contributed by atoms with E-state index >= 15 is 0 Å². The highest BCUT2D eigenvalue weighted by Crippen LogP contribution is 2.31. The van der Waals surface area contributed by atoms with Gasteiger partial charge in [-0.2, -0.15) is 0 Å². The van der Waals surface area contributed by atoms with Gasteiger partial charge in [0.05, 0.1) is 17.6 Å². The molecule has 0 spiro atoms. The molecule has 0 saturated carbocycles. The first-order chi connectivity index (χ1) is 13.6. The third kappa shape index (κ3) is 5.09. The number of rotatable bonds is 7. The van der Waals surface area contributed by atoms with E-state index in [4.69, 9.17) is 0 Å².